The van der Waals surface area contributed by atoms with Gasteiger partial charge >= 0.3 is 0 Å². The van der Waals surface area contributed by atoms with Crippen LogP contribution in [0.25, 0.3) is 0 Å². The monoisotopic (exact) mass is 255 g/mol. The predicted octanol–water partition coefficient (Wildman–Crippen LogP) is 4.52. The minimum absolute atomic E-state index is 0.00757. The molecule has 2 aromatic carbocycles. The number of ether oxygens (including phenoxy) is 1. The second-order valence-electron chi connectivity index (χ2n) is 5.83. The summed E-state index contributed by atoms with van der Waals surface area (Å²) in [5.41, 5.74) is 7.41. The van der Waals surface area contributed by atoms with E-state index in [1.165, 1.54) is 0 Å². The summed E-state index contributed by atoms with van der Waals surface area (Å²) < 4.78 is 5.83. The topological polar surface area (TPSA) is 35.2 Å². The second kappa shape index (κ2) is 5.45. The number of nitrogens with two attached hydrogens (primary N) is 1. The summed E-state index contributed by atoms with van der Waals surface area (Å²) in [4.78, 5) is 0. The molecular formula is C17H21NO. The first kappa shape index (κ1) is 13.6. The van der Waals surface area contributed by atoms with Gasteiger partial charge in [0.25, 0.3) is 0 Å². The summed E-state index contributed by atoms with van der Waals surface area (Å²) >= 11 is 0. The zero-order chi connectivity index (χ0) is 13.9. The second-order valence-corrected chi connectivity index (χ2v) is 5.83. The van der Waals surface area contributed by atoms with Crippen molar-refractivity contribution in [3.8, 4) is 11.5 Å². The highest BCUT2D eigenvalue weighted by atomic mass is 16.5. The third-order valence-corrected chi connectivity index (χ3v) is 3.13. The van der Waals surface area contributed by atoms with Crippen LogP contribution in [0.1, 0.15) is 32.4 Å². The number of rotatable bonds is 3. The van der Waals surface area contributed by atoms with Gasteiger partial charge in [-0.1, -0.05) is 51.1 Å². The van der Waals surface area contributed by atoms with E-state index in [-0.39, 0.29) is 11.5 Å². The van der Waals surface area contributed by atoms with Crippen LogP contribution >= 0.6 is 0 Å². The molecule has 19 heavy (non-hydrogen) atoms. The average Bonchev–Trinajstić information content (AvgIpc) is 2.38. The Labute approximate surface area is 115 Å². The summed E-state index contributed by atoms with van der Waals surface area (Å²) in [6.45, 7) is 6.42. The van der Waals surface area contributed by atoms with E-state index in [2.05, 4.69) is 20.8 Å². The first-order valence-corrected chi connectivity index (χ1v) is 6.55. The van der Waals surface area contributed by atoms with Gasteiger partial charge in [-0.05, 0) is 35.2 Å². The summed E-state index contributed by atoms with van der Waals surface area (Å²) in [6.07, 6.45) is 0. The Hall–Kier alpha value is -1.80. The van der Waals surface area contributed by atoms with Gasteiger partial charge in [0, 0.05) is 6.04 Å². The fraction of sp³-hybridized carbons (Fsp3) is 0.294. The lowest BCUT2D eigenvalue weighted by Crippen LogP contribution is -2.26. The molecule has 0 radical (unpaired) electrons. The lowest BCUT2D eigenvalue weighted by molar-refractivity contribution is 0.326. The van der Waals surface area contributed by atoms with Gasteiger partial charge in [0.15, 0.2) is 0 Å². The van der Waals surface area contributed by atoms with Gasteiger partial charge in [0.1, 0.15) is 11.5 Å². The summed E-state index contributed by atoms with van der Waals surface area (Å²) in [5.74, 6) is 1.66. The molecule has 0 aliphatic carbocycles. The Balaban J connectivity index is 2.20. The molecule has 2 N–H and O–H groups in total. The first-order valence-electron chi connectivity index (χ1n) is 6.55. The van der Waals surface area contributed by atoms with Crippen LogP contribution in [0.15, 0.2) is 54.6 Å². The first-order chi connectivity index (χ1) is 8.97. The minimum Gasteiger partial charge on any atom is -0.457 e. The Morgan fingerprint density at radius 3 is 2.16 bits per heavy atom. The van der Waals surface area contributed by atoms with Crippen molar-refractivity contribution in [2.75, 3.05) is 0 Å². The largest absolute Gasteiger partial charge is 0.457 e. The van der Waals surface area contributed by atoms with Crippen LogP contribution in [0.3, 0.4) is 0 Å². The van der Waals surface area contributed by atoms with Crippen molar-refractivity contribution in [1.82, 2.24) is 0 Å². The molecule has 0 amide bonds. The van der Waals surface area contributed by atoms with Crippen LogP contribution in [0.5, 0.6) is 11.5 Å². The Kier molecular flexibility index (Phi) is 3.91. The molecule has 2 nitrogen and oxygen atoms in total. The number of para-hydroxylation sites is 1. The van der Waals surface area contributed by atoms with Crippen molar-refractivity contribution in [3.05, 3.63) is 60.2 Å². The average molecular weight is 255 g/mol. The molecule has 0 saturated heterocycles. The molecule has 0 aliphatic rings. The van der Waals surface area contributed by atoms with E-state index in [1.54, 1.807) is 0 Å². The zero-order valence-electron chi connectivity index (χ0n) is 11.8. The molecule has 2 aromatic rings. The lowest BCUT2D eigenvalue weighted by Gasteiger charge is -2.27. The molecule has 0 bridgehead atoms. The molecule has 0 unspecified atom stereocenters. The van der Waals surface area contributed by atoms with Gasteiger partial charge in [-0.15, -0.1) is 0 Å². The molecule has 0 heterocycles. The fourth-order valence-electron chi connectivity index (χ4n) is 1.90. The maximum atomic E-state index is 6.28. The Bertz CT molecular complexity index is 528. The quantitative estimate of drug-likeness (QED) is 0.874. The Morgan fingerprint density at radius 2 is 1.53 bits per heavy atom. The van der Waals surface area contributed by atoms with Crippen molar-refractivity contribution in [2.24, 2.45) is 11.1 Å². The van der Waals surface area contributed by atoms with Gasteiger partial charge in [0.05, 0.1) is 0 Å². The summed E-state index contributed by atoms with van der Waals surface area (Å²) in [5, 5.41) is 0. The molecule has 100 valence electrons. The highest BCUT2D eigenvalue weighted by Gasteiger charge is 2.22. The standard InChI is InChI=1S/C17H21NO/c1-17(2,3)16(18)13-8-7-11-15(12-13)19-14-9-5-4-6-10-14/h4-12,16H,18H2,1-3H3/t16-/m0/s1. The third-order valence-electron chi connectivity index (χ3n) is 3.13. The lowest BCUT2D eigenvalue weighted by atomic mass is 9.83. The van der Waals surface area contributed by atoms with Crippen molar-refractivity contribution < 1.29 is 4.74 Å². The molecule has 2 heteroatoms. The molecule has 2 rings (SSSR count). The smallest absolute Gasteiger partial charge is 0.127 e. The maximum absolute atomic E-state index is 6.28. The van der Waals surface area contributed by atoms with E-state index in [4.69, 9.17) is 10.5 Å². The van der Waals surface area contributed by atoms with E-state index < -0.39 is 0 Å². The minimum atomic E-state index is -0.00757. The van der Waals surface area contributed by atoms with Crippen LogP contribution < -0.4 is 10.5 Å². The van der Waals surface area contributed by atoms with Gasteiger partial charge < -0.3 is 10.5 Å². The molecule has 0 spiro atoms. The van der Waals surface area contributed by atoms with Crippen molar-refractivity contribution >= 4 is 0 Å². The van der Waals surface area contributed by atoms with Crippen molar-refractivity contribution in [3.63, 3.8) is 0 Å². The highest BCUT2D eigenvalue weighted by molar-refractivity contribution is 5.35. The Morgan fingerprint density at radius 1 is 0.895 bits per heavy atom. The van der Waals surface area contributed by atoms with Gasteiger partial charge in [0.2, 0.25) is 0 Å². The van der Waals surface area contributed by atoms with Crippen LogP contribution in [0, 0.1) is 5.41 Å². The van der Waals surface area contributed by atoms with Crippen LogP contribution in [0.2, 0.25) is 0 Å². The molecule has 0 fully saturated rings. The molecule has 0 aromatic heterocycles. The SMILES string of the molecule is CC(C)(C)[C@@H](N)c1cccc(Oc2ccccc2)c1. The zero-order valence-corrected chi connectivity index (χ0v) is 11.8. The van der Waals surface area contributed by atoms with E-state index >= 15 is 0 Å². The van der Waals surface area contributed by atoms with Crippen LogP contribution in [-0.4, -0.2) is 0 Å². The normalized spacial score (nSPS) is 13.1. The number of hydrogen-bond acceptors (Lipinski definition) is 2. The van der Waals surface area contributed by atoms with Gasteiger partial charge in [-0.25, -0.2) is 0 Å². The fourth-order valence-corrected chi connectivity index (χ4v) is 1.90. The van der Waals surface area contributed by atoms with Crippen molar-refractivity contribution in [2.45, 2.75) is 26.8 Å². The maximum Gasteiger partial charge on any atom is 0.127 e. The van der Waals surface area contributed by atoms with Crippen LogP contribution in [-0.2, 0) is 0 Å². The van der Waals surface area contributed by atoms with Gasteiger partial charge in [-0.2, -0.15) is 0 Å². The predicted molar refractivity (Wildman–Crippen MR) is 79.3 cm³/mol. The van der Waals surface area contributed by atoms with Gasteiger partial charge in [-0.3, -0.25) is 0 Å². The number of hydrogen-bond donors (Lipinski definition) is 1. The van der Waals surface area contributed by atoms with E-state index in [1.807, 2.05) is 54.6 Å². The van der Waals surface area contributed by atoms with E-state index in [0.29, 0.717) is 0 Å². The van der Waals surface area contributed by atoms with E-state index in [9.17, 15) is 0 Å². The molecule has 0 saturated carbocycles. The molecule has 0 aliphatic heterocycles. The number of benzene rings is 2. The van der Waals surface area contributed by atoms with Crippen molar-refractivity contribution in [1.29, 1.82) is 0 Å². The summed E-state index contributed by atoms with van der Waals surface area (Å²) in [6, 6.07) is 17.8. The molecular weight excluding hydrogens is 234 g/mol. The van der Waals surface area contributed by atoms with Crippen LogP contribution in [0.4, 0.5) is 0 Å². The van der Waals surface area contributed by atoms with E-state index in [0.717, 1.165) is 17.1 Å². The highest BCUT2D eigenvalue weighted by Crippen LogP contribution is 2.32. The summed E-state index contributed by atoms with van der Waals surface area (Å²) in [7, 11) is 0. The molecule has 1 atom stereocenters. The third kappa shape index (κ3) is 3.58.